The first-order chi connectivity index (χ1) is 6.72. The van der Waals surface area contributed by atoms with Crippen LogP contribution in [0.25, 0.3) is 10.7 Å². The standard InChI is InChI=1S/C8H7Br2N3S/c1-2-13-4-11-12-8(13)6-3-5(9)7(10)14-6/h3-4H,2H2,1H3. The largest absolute Gasteiger partial charge is 0.313 e. The first-order valence-electron chi connectivity index (χ1n) is 4.05. The fourth-order valence-corrected chi connectivity index (χ4v) is 3.17. The number of rotatable bonds is 2. The van der Waals surface area contributed by atoms with Gasteiger partial charge in [-0.25, -0.2) is 0 Å². The molecule has 0 radical (unpaired) electrons. The van der Waals surface area contributed by atoms with Crippen molar-refractivity contribution in [3.8, 4) is 10.7 Å². The molecule has 0 fully saturated rings. The summed E-state index contributed by atoms with van der Waals surface area (Å²) in [6.45, 7) is 2.96. The van der Waals surface area contributed by atoms with Crippen LogP contribution >= 0.6 is 43.2 Å². The van der Waals surface area contributed by atoms with Gasteiger partial charge >= 0.3 is 0 Å². The summed E-state index contributed by atoms with van der Waals surface area (Å²) in [5, 5.41) is 7.99. The van der Waals surface area contributed by atoms with Crippen molar-refractivity contribution in [2.75, 3.05) is 0 Å². The molecule has 3 nitrogen and oxygen atoms in total. The Morgan fingerprint density at radius 3 is 2.86 bits per heavy atom. The average Bonchev–Trinajstić information content (AvgIpc) is 2.73. The fourth-order valence-electron chi connectivity index (χ4n) is 1.13. The Hall–Kier alpha value is -0.200. The summed E-state index contributed by atoms with van der Waals surface area (Å²) in [5.74, 6) is 0.920. The lowest BCUT2D eigenvalue weighted by Crippen LogP contribution is -1.93. The van der Waals surface area contributed by atoms with Crippen LogP contribution in [0.15, 0.2) is 20.7 Å². The fraction of sp³-hybridized carbons (Fsp3) is 0.250. The van der Waals surface area contributed by atoms with Crippen LogP contribution in [-0.2, 0) is 6.54 Å². The molecule has 2 heterocycles. The number of nitrogens with zero attached hydrogens (tertiary/aromatic N) is 3. The van der Waals surface area contributed by atoms with Gasteiger partial charge in [-0.2, -0.15) is 0 Å². The summed E-state index contributed by atoms with van der Waals surface area (Å²) >= 11 is 8.56. The van der Waals surface area contributed by atoms with Crippen LogP contribution in [0.4, 0.5) is 0 Å². The van der Waals surface area contributed by atoms with E-state index in [0.717, 1.165) is 25.5 Å². The number of hydrogen-bond donors (Lipinski definition) is 0. The lowest BCUT2D eigenvalue weighted by Gasteiger charge is -1.98. The molecule has 6 heteroatoms. The van der Waals surface area contributed by atoms with Crippen molar-refractivity contribution in [1.29, 1.82) is 0 Å². The smallest absolute Gasteiger partial charge is 0.173 e. The number of aryl methyl sites for hydroxylation is 1. The summed E-state index contributed by atoms with van der Waals surface area (Å²) in [6.07, 6.45) is 1.75. The molecule has 74 valence electrons. The monoisotopic (exact) mass is 335 g/mol. The van der Waals surface area contributed by atoms with Gasteiger partial charge < -0.3 is 4.57 Å². The molecule has 2 aromatic heterocycles. The van der Waals surface area contributed by atoms with E-state index < -0.39 is 0 Å². The molecule has 0 unspecified atom stereocenters. The van der Waals surface area contributed by atoms with Gasteiger partial charge in [0, 0.05) is 11.0 Å². The maximum Gasteiger partial charge on any atom is 0.173 e. The van der Waals surface area contributed by atoms with Gasteiger partial charge in [-0.05, 0) is 44.8 Å². The van der Waals surface area contributed by atoms with E-state index in [1.165, 1.54) is 0 Å². The Bertz CT molecular complexity index is 430. The van der Waals surface area contributed by atoms with Crippen LogP contribution in [0.1, 0.15) is 6.92 Å². The van der Waals surface area contributed by atoms with Crippen molar-refractivity contribution < 1.29 is 0 Å². The van der Waals surface area contributed by atoms with Gasteiger partial charge in [-0.3, -0.25) is 0 Å². The van der Waals surface area contributed by atoms with E-state index >= 15 is 0 Å². The molecule has 14 heavy (non-hydrogen) atoms. The molecular formula is C8H7Br2N3S. The van der Waals surface area contributed by atoms with E-state index in [9.17, 15) is 0 Å². The van der Waals surface area contributed by atoms with Gasteiger partial charge in [0.15, 0.2) is 5.82 Å². The predicted octanol–water partition coefficient (Wildman–Crippen LogP) is 3.55. The van der Waals surface area contributed by atoms with E-state index in [0.29, 0.717) is 0 Å². The van der Waals surface area contributed by atoms with E-state index in [-0.39, 0.29) is 0 Å². The predicted molar refractivity (Wildman–Crippen MR) is 64.4 cm³/mol. The molecule has 0 aromatic carbocycles. The number of thiophene rings is 1. The first kappa shape index (κ1) is 10.3. The highest BCUT2D eigenvalue weighted by Crippen LogP contribution is 2.37. The van der Waals surface area contributed by atoms with Crippen LogP contribution in [0.5, 0.6) is 0 Å². The number of aromatic nitrogens is 3. The average molecular weight is 337 g/mol. The van der Waals surface area contributed by atoms with Gasteiger partial charge in [-0.15, -0.1) is 21.5 Å². The third-order valence-electron chi connectivity index (χ3n) is 1.82. The lowest BCUT2D eigenvalue weighted by molar-refractivity contribution is 0.768. The molecule has 0 aliphatic rings. The molecule has 0 spiro atoms. The minimum atomic E-state index is 0.884. The van der Waals surface area contributed by atoms with Crippen molar-refractivity contribution in [3.63, 3.8) is 0 Å². The van der Waals surface area contributed by atoms with Crippen LogP contribution in [0.3, 0.4) is 0 Å². The van der Waals surface area contributed by atoms with Crippen molar-refractivity contribution in [1.82, 2.24) is 14.8 Å². The third kappa shape index (κ3) is 1.78. The zero-order valence-electron chi connectivity index (χ0n) is 7.37. The number of hydrogen-bond acceptors (Lipinski definition) is 3. The Morgan fingerprint density at radius 2 is 2.29 bits per heavy atom. The Balaban J connectivity index is 2.49. The second-order valence-electron chi connectivity index (χ2n) is 2.67. The molecule has 2 rings (SSSR count). The molecule has 0 saturated carbocycles. The molecule has 0 N–H and O–H groups in total. The van der Waals surface area contributed by atoms with Crippen LogP contribution in [0, 0.1) is 0 Å². The van der Waals surface area contributed by atoms with E-state index in [1.807, 2.05) is 10.6 Å². The summed E-state index contributed by atoms with van der Waals surface area (Å²) in [5.41, 5.74) is 0. The molecule has 0 atom stereocenters. The normalized spacial score (nSPS) is 10.8. The second kappa shape index (κ2) is 4.12. The highest BCUT2D eigenvalue weighted by molar-refractivity contribution is 9.13. The zero-order valence-corrected chi connectivity index (χ0v) is 11.4. The zero-order chi connectivity index (χ0) is 10.1. The minimum Gasteiger partial charge on any atom is -0.313 e. The van der Waals surface area contributed by atoms with Crippen LogP contribution < -0.4 is 0 Å². The summed E-state index contributed by atoms with van der Waals surface area (Å²) < 4.78 is 4.16. The van der Waals surface area contributed by atoms with Crippen molar-refractivity contribution in [2.45, 2.75) is 13.5 Å². The van der Waals surface area contributed by atoms with Crippen molar-refractivity contribution >= 4 is 43.2 Å². The van der Waals surface area contributed by atoms with Gasteiger partial charge in [0.1, 0.15) is 6.33 Å². The minimum absolute atomic E-state index is 0.884. The first-order valence-corrected chi connectivity index (χ1v) is 6.45. The van der Waals surface area contributed by atoms with Gasteiger partial charge in [0.05, 0.1) is 8.66 Å². The lowest BCUT2D eigenvalue weighted by atomic mass is 10.4. The topological polar surface area (TPSA) is 30.7 Å². The maximum atomic E-state index is 4.09. The summed E-state index contributed by atoms with van der Waals surface area (Å²) in [4.78, 5) is 1.11. The summed E-state index contributed by atoms with van der Waals surface area (Å²) in [6, 6.07) is 2.05. The Morgan fingerprint density at radius 1 is 1.50 bits per heavy atom. The molecule has 0 amide bonds. The van der Waals surface area contributed by atoms with E-state index in [4.69, 9.17) is 0 Å². The highest BCUT2D eigenvalue weighted by atomic mass is 79.9. The van der Waals surface area contributed by atoms with Gasteiger partial charge in [0.25, 0.3) is 0 Å². The van der Waals surface area contributed by atoms with Crippen molar-refractivity contribution in [2.24, 2.45) is 0 Å². The van der Waals surface area contributed by atoms with E-state index in [1.54, 1.807) is 17.7 Å². The SMILES string of the molecule is CCn1cnnc1-c1cc(Br)c(Br)s1. The Kier molecular flexibility index (Phi) is 3.04. The number of halogens is 2. The highest BCUT2D eigenvalue weighted by Gasteiger charge is 2.11. The molecular weight excluding hydrogens is 330 g/mol. The molecule has 2 aromatic rings. The summed E-state index contributed by atoms with van der Waals surface area (Å²) in [7, 11) is 0. The molecule has 0 saturated heterocycles. The molecule has 0 aliphatic carbocycles. The van der Waals surface area contributed by atoms with Crippen LogP contribution in [0.2, 0.25) is 0 Å². The third-order valence-corrected chi connectivity index (χ3v) is 5.07. The van der Waals surface area contributed by atoms with Gasteiger partial charge in [0.2, 0.25) is 0 Å². The second-order valence-corrected chi connectivity index (χ2v) is 5.90. The molecule has 0 aliphatic heterocycles. The van der Waals surface area contributed by atoms with Crippen LogP contribution in [-0.4, -0.2) is 14.8 Å². The van der Waals surface area contributed by atoms with Crippen molar-refractivity contribution in [3.05, 3.63) is 20.7 Å². The molecule has 0 bridgehead atoms. The van der Waals surface area contributed by atoms with Gasteiger partial charge in [-0.1, -0.05) is 0 Å². The maximum absolute atomic E-state index is 4.09. The Labute approximate surface area is 102 Å². The quantitative estimate of drug-likeness (QED) is 0.839. The van der Waals surface area contributed by atoms with E-state index in [2.05, 4.69) is 49.0 Å².